The Kier molecular flexibility index (Phi) is 3.25. The number of hydrogen-bond acceptors (Lipinski definition) is 4. The fourth-order valence-corrected chi connectivity index (χ4v) is 1.69. The fraction of sp³-hybridized carbons (Fsp3) is 0.636. The van der Waals surface area contributed by atoms with Crippen LogP contribution in [-0.2, 0) is 15.5 Å². The van der Waals surface area contributed by atoms with Crippen LogP contribution in [0.25, 0.3) is 0 Å². The van der Waals surface area contributed by atoms with Crippen molar-refractivity contribution in [2.24, 2.45) is 0 Å². The van der Waals surface area contributed by atoms with Crippen LogP contribution in [0, 0.1) is 0 Å². The molecule has 9 heteroatoms. The molecule has 0 aromatic carbocycles. The molecule has 0 unspecified atom stereocenters. The zero-order valence-electron chi connectivity index (χ0n) is 11.5. The molecule has 1 N–H and O–H groups in total. The van der Waals surface area contributed by atoms with E-state index in [1.165, 1.54) is 0 Å². The minimum Gasteiger partial charge on any atom is -0.399 e. The Morgan fingerprint density at radius 2 is 1.70 bits per heavy atom. The molecule has 110 valence electrons. The third-order valence-electron chi connectivity index (χ3n) is 3.60. The molecule has 1 aromatic heterocycles. The minimum atomic E-state index is -4.70. The summed E-state index contributed by atoms with van der Waals surface area (Å²) < 4.78 is 48.5. The largest absolute Gasteiger partial charge is 0.502 e. The van der Waals surface area contributed by atoms with Gasteiger partial charge in [-0.15, -0.1) is 0 Å². The average molecular weight is 290 g/mol. The van der Waals surface area contributed by atoms with Crippen molar-refractivity contribution in [3.05, 3.63) is 22.4 Å². The first-order valence-corrected chi connectivity index (χ1v) is 5.96. The van der Waals surface area contributed by atoms with Crippen LogP contribution < -0.4 is 11.0 Å². The molecule has 5 nitrogen and oxygen atoms in total. The molecule has 0 saturated carbocycles. The summed E-state index contributed by atoms with van der Waals surface area (Å²) in [5.74, 6) is -1.34. The summed E-state index contributed by atoms with van der Waals surface area (Å²) in [5.41, 5.74) is -2.39. The second-order valence-electron chi connectivity index (χ2n) is 5.60. The van der Waals surface area contributed by atoms with Crippen molar-refractivity contribution >= 4 is 12.6 Å². The lowest BCUT2D eigenvalue weighted by molar-refractivity contribution is -0.145. The number of rotatable bonds is 1. The smallest absolute Gasteiger partial charge is 0.399 e. The van der Waals surface area contributed by atoms with Gasteiger partial charge in [0.1, 0.15) is 0 Å². The molecule has 1 saturated heterocycles. The quantitative estimate of drug-likeness (QED) is 0.786. The minimum absolute atomic E-state index is 0.0864. The van der Waals surface area contributed by atoms with Crippen molar-refractivity contribution in [2.45, 2.75) is 45.1 Å². The number of halogens is 3. The highest BCUT2D eigenvalue weighted by Crippen LogP contribution is 2.36. The van der Waals surface area contributed by atoms with Gasteiger partial charge in [-0.1, -0.05) is 0 Å². The van der Waals surface area contributed by atoms with E-state index >= 15 is 0 Å². The Hall–Kier alpha value is -1.35. The standard InChI is InChI=1S/C11H14BF3N2O3/c1-9(2)10(3,4)20-12(19-9)6-5-16-8(11(13,14)15)17-7(6)18/h5H,1-4H3,(H,16,17,18). The molecule has 0 radical (unpaired) electrons. The van der Waals surface area contributed by atoms with E-state index in [1.54, 1.807) is 32.7 Å². The lowest BCUT2D eigenvalue weighted by Crippen LogP contribution is -2.46. The van der Waals surface area contributed by atoms with Crippen LogP contribution in [-0.4, -0.2) is 28.3 Å². The summed E-state index contributed by atoms with van der Waals surface area (Å²) >= 11 is 0. The number of aromatic nitrogens is 2. The predicted molar refractivity (Wildman–Crippen MR) is 65.6 cm³/mol. The van der Waals surface area contributed by atoms with E-state index in [0.29, 0.717) is 0 Å². The summed E-state index contributed by atoms with van der Waals surface area (Å²) in [6, 6.07) is 0. The Morgan fingerprint density at radius 3 is 2.10 bits per heavy atom. The SMILES string of the molecule is CC1(C)OB(c2cnc(C(F)(F)F)[nH]c2=O)OC1(C)C. The van der Waals surface area contributed by atoms with Crippen LogP contribution in [0.3, 0.4) is 0 Å². The third kappa shape index (κ3) is 2.47. The zero-order valence-corrected chi connectivity index (χ0v) is 11.5. The van der Waals surface area contributed by atoms with E-state index in [-0.39, 0.29) is 5.46 Å². The summed E-state index contributed by atoms with van der Waals surface area (Å²) in [6.45, 7) is 7.11. The molecule has 0 bridgehead atoms. The van der Waals surface area contributed by atoms with Gasteiger partial charge in [-0.25, -0.2) is 4.98 Å². The van der Waals surface area contributed by atoms with Gasteiger partial charge in [0.2, 0.25) is 5.82 Å². The van der Waals surface area contributed by atoms with E-state index in [4.69, 9.17) is 9.31 Å². The lowest BCUT2D eigenvalue weighted by Gasteiger charge is -2.32. The second kappa shape index (κ2) is 4.32. The second-order valence-corrected chi connectivity index (χ2v) is 5.60. The van der Waals surface area contributed by atoms with E-state index in [0.717, 1.165) is 6.20 Å². The molecule has 2 heterocycles. The summed E-state index contributed by atoms with van der Waals surface area (Å²) in [4.78, 5) is 16.6. The fourth-order valence-electron chi connectivity index (χ4n) is 1.69. The molecule has 1 aliphatic rings. The number of nitrogens with zero attached hydrogens (tertiary/aromatic N) is 1. The first-order valence-electron chi connectivity index (χ1n) is 5.96. The highest BCUT2D eigenvalue weighted by molar-refractivity contribution is 6.61. The molecule has 2 rings (SSSR count). The van der Waals surface area contributed by atoms with Crippen molar-refractivity contribution in [1.82, 2.24) is 9.97 Å². The van der Waals surface area contributed by atoms with Crippen LogP contribution in [0.15, 0.2) is 11.0 Å². The number of alkyl halides is 3. The van der Waals surface area contributed by atoms with Crippen LogP contribution in [0.1, 0.15) is 33.5 Å². The van der Waals surface area contributed by atoms with E-state index < -0.39 is 35.9 Å². The summed E-state index contributed by atoms with van der Waals surface area (Å²) in [5, 5.41) is 0. The highest BCUT2D eigenvalue weighted by Gasteiger charge is 2.52. The van der Waals surface area contributed by atoms with Gasteiger partial charge in [-0.05, 0) is 27.7 Å². The maximum Gasteiger partial charge on any atom is 0.502 e. The Bertz CT molecular complexity index is 567. The van der Waals surface area contributed by atoms with Gasteiger partial charge in [0.15, 0.2) is 0 Å². The highest BCUT2D eigenvalue weighted by atomic mass is 19.4. The molecule has 0 atom stereocenters. The first kappa shape index (κ1) is 15.1. The van der Waals surface area contributed by atoms with Gasteiger partial charge in [0.25, 0.3) is 5.56 Å². The number of nitrogens with one attached hydrogen (secondary N) is 1. The van der Waals surface area contributed by atoms with Crippen molar-refractivity contribution < 1.29 is 22.5 Å². The predicted octanol–water partition coefficient (Wildman–Crippen LogP) is 1.09. The molecule has 1 aliphatic heterocycles. The van der Waals surface area contributed by atoms with Crippen LogP contribution in [0.4, 0.5) is 13.2 Å². The number of hydrogen-bond donors (Lipinski definition) is 1. The summed E-state index contributed by atoms with van der Waals surface area (Å²) in [6.07, 6.45) is -3.86. The maximum atomic E-state index is 12.4. The van der Waals surface area contributed by atoms with Gasteiger partial charge in [-0.3, -0.25) is 4.79 Å². The van der Waals surface area contributed by atoms with Crippen molar-refractivity contribution in [3.8, 4) is 0 Å². The van der Waals surface area contributed by atoms with Gasteiger partial charge < -0.3 is 14.3 Å². The molecule has 0 aliphatic carbocycles. The average Bonchev–Trinajstić information content (AvgIpc) is 2.46. The van der Waals surface area contributed by atoms with Crippen LogP contribution in [0.5, 0.6) is 0 Å². The molecule has 1 fully saturated rings. The Labute approximate surface area is 113 Å². The number of H-pyrrole nitrogens is 1. The topological polar surface area (TPSA) is 64.2 Å². The van der Waals surface area contributed by atoms with E-state index in [9.17, 15) is 18.0 Å². The van der Waals surface area contributed by atoms with Crippen LogP contribution >= 0.6 is 0 Å². The Morgan fingerprint density at radius 1 is 1.20 bits per heavy atom. The van der Waals surface area contributed by atoms with Gasteiger partial charge in [0.05, 0.1) is 16.7 Å². The van der Waals surface area contributed by atoms with Crippen molar-refractivity contribution in [3.63, 3.8) is 0 Å². The molecular weight excluding hydrogens is 276 g/mol. The third-order valence-corrected chi connectivity index (χ3v) is 3.60. The van der Waals surface area contributed by atoms with Crippen LogP contribution in [0.2, 0.25) is 0 Å². The summed E-state index contributed by atoms with van der Waals surface area (Å²) in [7, 11) is -1.04. The van der Waals surface area contributed by atoms with E-state index in [1.807, 2.05) is 0 Å². The first-order chi connectivity index (χ1) is 8.94. The molecule has 1 aromatic rings. The van der Waals surface area contributed by atoms with E-state index in [2.05, 4.69) is 4.98 Å². The molecule has 20 heavy (non-hydrogen) atoms. The monoisotopic (exact) mass is 290 g/mol. The lowest BCUT2D eigenvalue weighted by atomic mass is 9.81. The van der Waals surface area contributed by atoms with Gasteiger partial charge in [0, 0.05) is 6.20 Å². The van der Waals surface area contributed by atoms with Gasteiger partial charge >= 0.3 is 13.3 Å². The maximum absolute atomic E-state index is 12.4. The van der Waals surface area contributed by atoms with Crippen molar-refractivity contribution in [2.75, 3.05) is 0 Å². The normalized spacial score (nSPS) is 21.2. The number of aromatic amines is 1. The zero-order chi connectivity index (χ0) is 15.3. The van der Waals surface area contributed by atoms with Crippen molar-refractivity contribution in [1.29, 1.82) is 0 Å². The van der Waals surface area contributed by atoms with Gasteiger partial charge in [-0.2, -0.15) is 13.2 Å². The Balaban J connectivity index is 2.35. The molecule has 0 amide bonds. The molecule has 0 spiro atoms. The molecular formula is C11H14BF3N2O3.